The van der Waals surface area contributed by atoms with Gasteiger partial charge in [-0.05, 0) is 30.3 Å². The molecule has 1 aliphatic heterocycles. The van der Waals surface area contributed by atoms with Gasteiger partial charge in [-0.2, -0.15) is 0 Å². The van der Waals surface area contributed by atoms with E-state index in [2.05, 4.69) is 5.32 Å². The van der Waals surface area contributed by atoms with Gasteiger partial charge in [0.15, 0.2) is 0 Å². The number of thioether (sulfide) groups is 1. The highest BCUT2D eigenvalue weighted by Crippen LogP contribution is 2.37. The molecule has 1 aliphatic rings. The van der Waals surface area contributed by atoms with Crippen molar-refractivity contribution in [3.8, 4) is 0 Å². The highest BCUT2D eigenvalue weighted by atomic mass is 32.2. The molecule has 1 atom stereocenters. The van der Waals surface area contributed by atoms with E-state index in [4.69, 9.17) is 0 Å². The molecule has 1 N–H and O–H groups in total. The SMILES string of the molecule is C[C@H]1CC(=O)N(CC(=O)Nc2cccc(F)c2)c2ccccc2S1. The molecule has 6 heteroatoms. The Morgan fingerprint density at radius 1 is 1.29 bits per heavy atom. The summed E-state index contributed by atoms with van der Waals surface area (Å²) in [6.45, 7) is 1.90. The lowest BCUT2D eigenvalue weighted by atomic mass is 10.2. The minimum atomic E-state index is -0.422. The maximum absolute atomic E-state index is 13.2. The average molecular weight is 344 g/mol. The molecule has 0 bridgehead atoms. The molecule has 0 saturated heterocycles. The summed E-state index contributed by atoms with van der Waals surface area (Å²) < 4.78 is 13.2. The van der Waals surface area contributed by atoms with E-state index in [0.29, 0.717) is 12.1 Å². The fraction of sp³-hybridized carbons (Fsp3) is 0.222. The predicted octanol–water partition coefficient (Wildman–Crippen LogP) is 3.68. The third-order valence-electron chi connectivity index (χ3n) is 3.66. The van der Waals surface area contributed by atoms with Crippen molar-refractivity contribution < 1.29 is 14.0 Å². The van der Waals surface area contributed by atoms with Gasteiger partial charge in [0.05, 0.1) is 5.69 Å². The van der Waals surface area contributed by atoms with Crippen molar-refractivity contribution in [2.45, 2.75) is 23.5 Å². The summed E-state index contributed by atoms with van der Waals surface area (Å²) in [6, 6.07) is 13.2. The van der Waals surface area contributed by atoms with E-state index in [9.17, 15) is 14.0 Å². The van der Waals surface area contributed by atoms with E-state index in [-0.39, 0.29) is 23.6 Å². The highest BCUT2D eigenvalue weighted by molar-refractivity contribution is 8.00. The summed E-state index contributed by atoms with van der Waals surface area (Å²) >= 11 is 1.63. The van der Waals surface area contributed by atoms with Crippen LogP contribution in [0.2, 0.25) is 0 Å². The second-order valence-corrected chi connectivity index (χ2v) is 7.12. The molecule has 2 amide bonds. The van der Waals surface area contributed by atoms with Crippen LogP contribution in [0.1, 0.15) is 13.3 Å². The molecule has 3 rings (SSSR count). The number of para-hydroxylation sites is 1. The molecular formula is C18H17FN2O2S. The van der Waals surface area contributed by atoms with Crippen molar-refractivity contribution >= 4 is 35.0 Å². The quantitative estimate of drug-likeness (QED) is 0.924. The molecular weight excluding hydrogens is 327 g/mol. The monoisotopic (exact) mass is 344 g/mol. The molecule has 124 valence electrons. The molecule has 0 spiro atoms. The standard InChI is InChI=1S/C18H17FN2O2S/c1-12-9-18(23)21(15-7-2-3-8-16(15)24-12)11-17(22)20-14-6-4-5-13(19)10-14/h2-8,10,12H,9,11H2,1H3,(H,20,22)/t12-/m0/s1. The minimum Gasteiger partial charge on any atom is -0.324 e. The van der Waals surface area contributed by atoms with E-state index >= 15 is 0 Å². The fourth-order valence-corrected chi connectivity index (χ4v) is 3.73. The zero-order valence-corrected chi connectivity index (χ0v) is 14.0. The van der Waals surface area contributed by atoms with Gasteiger partial charge in [0.25, 0.3) is 0 Å². The number of benzene rings is 2. The Kier molecular flexibility index (Phi) is 4.85. The Bertz CT molecular complexity index is 781. The van der Waals surface area contributed by atoms with Crippen LogP contribution in [0.4, 0.5) is 15.8 Å². The number of halogens is 1. The lowest BCUT2D eigenvalue weighted by molar-refractivity contribution is -0.121. The maximum Gasteiger partial charge on any atom is 0.244 e. The van der Waals surface area contributed by atoms with Gasteiger partial charge in [0.1, 0.15) is 12.4 Å². The van der Waals surface area contributed by atoms with Gasteiger partial charge in [0.2, 0.25) is 11.8 Å². The van der Waals surface area contributed by atoms with Crippen LogP contribution in [0.3, 0.4) is 0 Å². The molecule has 0 aromatic heterocycles. The van der Waals surface area contributed by atoms with Gasteiger partial charge >= 0.3 is 0 Å². The van der Waals surface area contributed by atoms with Gasteiger partial charge in [-0.15, -0.1) is 11.8 Å². The van der Waals surface area contributed by atoms with Crippen LogP contribution in [0.15, 0.2) is 53.4 Å². The van der Waals surface area contributed by atoms with Crippen LogP contribution in [0.5, 0.6) is 0 Å². The number of rotatable bonds is 3. The van der Waals surface area contributed by atoms with Crippen LogP contribution in [0.25, 0.3) is 0 Å². The van der Waals surface area contributed by atoms with Gasteiger partial charge < -0.3 is 10.2 Å². The third kappa shape index (κ3) is 3.76. The number of fused-ring (bicyclic) bond motifs is 1. The Morgan fingerprint density at radius 3 is 2.88 bits per heavy atom. The third-order valence-corrected chi connectivity index (χ3v) is 4.83. The summed E-state index contributed by atoms with van der Waals surface area (Å²) in [5, 5.41) is 2.78. The van der Waals surface area contributed by atoms with Gasteiger partial charge in [0, 0.05) is 22.3 Å². The lowest BCUT2D eigenvalue weighted by Crippen LogP contribution is -2.38. The van der Waals surface area contributed by atoms with E-state index < -0.39 is 5.82 Å². The molecule has 2 aromatic carbocycles. The zero-order chi connectivity index (χ0) is 17.1. The molecule has 0 fully saturated rings. The molecule has 0 aliphatic carbocycles. The second-order valence-electron chi connectivity index (χ2n) is 5.64. The number of anilines is 2. The van der Waals surface area contributed by atoms with Gasteiger partial charge in [-0.1, -0.05) is 25.1 Å². The first-order valence-electron chi connectivity index (χ1n) is 7.64. The molecule has 0 saturated carbocycles. The van der Waals surface area contributed by atoms with Crippen LogP contribution in [0, 0.1) is 5.82 Å². The molecule has 2 aromatic rings. The topological polar surface area (TPSA) is 49.4 Å². The highest BCUT2D eigenvalue weighted by Gasteiger charge is 2.27. The van der Waals surface area contributed by atoms with Crippen molar-refractivity contribution in [3.63, 3.8) is 0 Å². The van der Waals surface area contributed by atoms with Crippen molar-refractivity contribution in [2.75, 3.05) is 16.8 Å². The van der Waals surface area contributed by atoms with Crippen LogP contribution < -0.4 is 10.2 Å². The summed E-state index contributed by atoms with van der Waals surface area (Å²) in [5.41, 5.74) is 1.12. The number of amides is 2. The Hall–Kier alpha value is -2.34. The Balaban J connectivity index is 1.80. The van der Waals surface area contributed by atoms with Crippen molar-refractivity contribution in [2.24, 2.45) is 0 Å². The van der Waals surface area contributed by atoms with Crippen LogP contribution in [-0.4, -0.2) is 23.6 Å². The number of carbonyl (C=O) groups is 2. The van der Waals surface area contributed by atoms with Crippen LogP contribution >= 0.6 is 11.8 Å². The van der Waals surface area contributed by atoms with Gasteiger partial charge in [-0.3, -0.25) is 9.59 Å². The first kappa shape index (κ1) is 16.5. The summed E-state index contributed by atoms with van der Waals surface area (Å²) in [6.07, 6.45) is 0.368. The van der Waals surface area contributed by atoms with E-state index in [1.807, 2.05) is 31.2 Å². The minimum absolute atomic E-state index is 0.0886. The van der Waals surface area contributed by atoms with Gasteiger partial charge in [-0.25, -0.2) is 4.39 Å². The normalized spacial score (nSPS) is 17.2. The largest absolute Gasteiger partial charge is 0.324 e. The smallest absolute Gasteiger partial charge is 0.244 e. The average Bonchev–Trinajstić information content (AvgIpc) is 2.64. The first-order valence-corrected chi connectivity index (χ1v) is 8.52. The van der Waals surface area contributed by atoms with Crippen LogP contribution in [-0.2, 0) is 9.59 Å². The molecule has 24 heavy (non-hydrogen) atoms. The molecule has 0 radical (unpaired) electrons. The summed E-state index contributed by atoms with van der Waals surface area (Å²) in [4.78, 5) is 27.3. The zero-order valence-electron chi connectivity index (χ0n) is 13.2. The second kappa shape index (κ2) is 7.05. The van der Waals surface area contributed by atoms with E-state index in [1.165, 1.54) is 23.1 Å². The fourth-order valence-electron chi connectivity index (χ4n) is 2.61. The van der Waals surface area contributed by atoms with E-state index in [1.54, 1.807) is 17.8 Å². The van der Waals surface area contributed by atoms with E-state index in [0.717, 1.165) is 10.6 Å². The number of hydrogen-bond donors (Lipinski definition) is 1. The Morgan fingerprint density at radius 2 is 2.08 bits per heavy atom. The van der Waals surface area contributed by atoms with Crippen molar-refractivity contribution in [1.29, 1.82) is 0 Å². The number of hydrogen-bond acceptors (Lipinski definition) is 3. The maximum atomic E-state index is 13.2. The number of carbonyl (C=O) groups excluding carboxylic acids is 2. The summed E-state index contributed by atoms with van der Waals surface area (Å²) in [5.74, 6) is -0.869. The predicted molar refractivity (Wildman–Crippen MR) is 93.8 cm³/mol. The first-order chi connectivity index (χ1) is 11.5. The lowest BCUT2D eigenvalue weighted by Gasteiger charge is -2.22. The molecule has 0 unspecified atom stereocenters. The summed E-state index contributed by atoms with van der Waals surface area (Å²) in [7, 11) is 0. The number of nitrogens with zero attached hydrogens (tertiary/aromatic N) is 1. The van der Waals surface area contributed by atoms with Crippen molar-refractivity contribution in [1.82, 2.24) is 0 Å². The Labute approximate surface area is 144 Å². The molecule has 4 nitrogen and oxygen atoms in total. The number of nitrogens with one attached hydrogen (secondary N) is 1. The molecule has 1 heterocycles. The van der Waals surface area contributed by atoms with Crippen molar-refractivity contribution in [3.05, 3.63) is 54.3 Å².